The Kier molecular flexibility index (Phi) is 25.6. The van der Waals surface area contributed by atoms with Gasteiger partial charge in [-0.25, -0.2) is 0 Å². The van der Waals surface area contributed by atoms with Crippen LogP contribution in [0.25, 0.3) is 0 Å². The Morgan fingerprint density at radius 2 is 1.12 bits per heavy atom. The van der Waals surface area contributed by atoms with E-state index in [2.05, 4.69) is 0 Å². The Morgan fingerprint density at radius 3 is 1.32 bits per heavy atom. The molecule has 0 aromatic carbocycles. The molecule has 0 rings (SSSR count). The second-order valence-corrected chi connectivity index (χ2v) is 6.01. The van der Waals surface area contributed by atoms with Gasteiger partial charge in [-0.05, 0) is 52.4 Å². The summed E-state index contributed by atoms with van der Waals surface area (Å²) in [7, 11) is 0. The highest BCUT2D eigenvalue weighted by Gasteiger charge is 2.24. The van der Waals surface area contributed by atoms with E-state index in [1.807, 2.05) is 0 Å². The van der Waals surface area contributed by atoms with Gasteiger partial charge >= 0.3 is 0 Å². The molecule has 0 radical (unpaired) electrons. The first-order valence-electron chi connectivity index (χ1n) is 8.90. The van der Waals surface area contributed by atoms with Crippen molar-refractivity contribution in [1.29, 1.82) is 0 Å². The topological polar surface area (TPSA) is 162 Å². The minimum absolute atomic E-state index is 0.177. The quantitative estimate of drug-likeness (QED) is 0.175. The average molecular weight is 372 g/mol. The predicted molar refractivity (Wildman–Crippen MR) is 95.7 cm³/mol. The lowest BCUT2D eigenvalue weighted by Gasteiger charge is -2.23. The Morgan fingerprint density at radius 1 is 0.680 bits per heavy atom. The predicted octanol–water partition coefficient (Wildman–Crippen LogP) is -0.654. The van der Waals surface area contributed by atoms with Gasteiger partial charge in [-0.3, -0.25) is 0 Å². The minimum Gasteiger partial charge on any atom is -0.396 e. The van der Waals surface area contributed by atoms with E-state index in [1.165, 1.54) is 0 Å². The van der Waals surface area contributed by atoms with Crippen LogP contribution >= 0.6 is 0 Å². The summed E-state index contributed by atoms with van der Waals surface area (Å²) in [6.07, 6.45) is 0.266. The zero-order chi connectivity index (χ0) is 20.3. The Bertz CT molecular complexity index is 233. The first kappa shape index (κ1) is 29.4. The van der Waals surface area contributed by atoms with Crippen molar-refractivity contribution < 1.29 is 40.9 Å². The van der Waals surface area contributed by atoms with Gasteiger partial charge in [-0.2, -0.15) is 0 Å². The molecule has 0 aromatic rings. The van der Waals surface area contributed by atoms with Gasteiger partial charge in [0.1, 0.15) is 0 Å². The fraction of sp³-hybridized carbons (Fsp3) is 1.00. The molecule has 0 fully saturated rings. The molecule has 8 N–H and O–H groups in total. The molecule has 156 valence electrons. The number of hydrogen-bond donors (Lipinski definition) is 8. The maximum Gasteiger partial charge on any atom is 0.156 e. The van der Waals surface area contributed by atoms with E-state index in [0.717, 1.165) is 12.8 Å². The van der Waals surface area contributed by atoms with E-state index >= 15 is 0 Å². The number of unbranched alkanes of at least 4 members (excludes halogenated alkanes) is 1. The average Bonchev–Trinajstić information content (AvgIpc) is 2.51. The molecule has 8 nitrogen and oxygen atoms in total. The number of rotatable bonds is 11. The summed E-state index contributed by atoms with van der Waals surface area (Å²) >= 11 is 0. The summed E-state index contributed by atoms with van der Waals surface area (Å²) in [5, 5.41) is 68.9. The summed E-state index contributed by atoms with van der Waals surface area (Å²) in [5.74, 6) is -0.570. The number of aliphatic hydroxyl groups is 8. The van der Waals surface area contributed by atoms with E-state index < -0.39 is 24.4 Å². The van der Waals surface area contributed by atoms with E-state index in [-0.39, 0.29) is 32.3 Å². The summed E-state index contributed by atoms with van der Waals surface area (Å²) in [4.78, 5) is 0. The van der Waals surface area contributed by atoms with Gasteiger partial charge in [0.25, 0.3) is 0 Å². The van der Waals surface area contributed by atoms with Crippen LogP contribution in [0.2, 0.25) is 0 Å². The second kappa shape index (κ2) is 21.7. The van der Waals surface area contributed by atoms with Gasteiger partial charge in [0.05, 0.1) is 18.3 Å². The summed E-state index contributed by atoms with van der Waals surface area (Å²) in [6, 6.07) is 0. The van der Waals surface area contributed by atoms with E-state index in [1.54, 1.807) is 20.8 Å². The molecular formula is C17H40O8. The lowest BCUT2D eigenvalue weighted by atomic mass is 9.95. The van der Waals surface area contributed by atoms with E-state index in [9.17, 15) is 5.11 Å². The first-order chi connectivity index (χ1) is 11.7. The van der Waals surface area contributed by atoms with Gasteiger partial charge < -0.3 is 40.9 Å². The molecule has 0 aliphatic heterocycles. The van der Waals surface area contributed by atoms with Crippen molar-refractivity contribution in [3.05, 3.63) is 0 Å². The van der Waals surface area contributed by atoms with Gasteiger partial charge in [0.2, 0.25) is 0 Å². The summed E-state index contributed by atoms with van der Waals surface area (Å²) < 4.78 is 0. The van der Waals surface area contributed by atoms with Gasteiger partial charge in [0, 0.05) is 25.7 Å². The highest BCUT2D eigenvalue weighted by Crippen LogP contribution is 2.16. The molecule has 0 aromatic heterocycles. The fourth-order valence-corrected chi connectivity index (χ4v) is 1.82. The highest BCUT2D eigenvalue weighted by molar-refractivity contribution is 4.71. The fourth-order valence-electron chi connectivity index (χ4n) is 1.82. The third kappa shape index (κ3) is 26.0. The maximum absolute atomic E-state index is 9.37. The molecule has 0 aliphatic rings. The van der Waals surface area contributed by atoms with E-state index in [0.29, 0.717) is 19.3 Å². The van der Waals surface area contributed by atoms with Crippen LogP contribution in [0, 0.1) is 5.92 Å². The van der Waals surface area contributed by atoms with Crippen molar-refractivity contribution in [3.8, 4) is 0 Å². The summed E-state index contributed by atoms with van der Waals surface area (Å²) in [6.45, 7) is 5.61. The van der Waals surface area contributed by atoms with Gasteiger partial charge in [0.15, 0.2) is 6.29 Å². The molecule has 0 amide bonds. The number of aliphatic hydroxyl groups excluding tert-OH is 7. The Balaban J connectivity index is -0.000000317. The van der Waals surface area contributed by atoms with Crippen LogP contribution in [-0.2, 0) is 0 Å². The normalized spacial score (nSPS) is 15.4. The Labute approximate surface area is 151 Å². The Hall–Kier alpha value is -0.320. The molecule has 0 heterocycles. The molecular weight excluding hydrogens is 332 g/mol. The smallest absolute Gasteiger partial charge is 0.156 e. The van der Waals surface area contributed by atoms with Crippen molar-refractivity contribution in [3.63, 3.8) is 0 Å². The molecule has 25 heavy (non-hydrogen) atoms. The molecule has 4 unspecified atom stereocenters. The second-order valence-electron chi connectivity index (χ2n) is 6.01. The number of hydrogen-bond acceptors (Lipinski definition) is 8. The zero-order valence-electron chi connectivity index (χ0n) is 15.8. The molecule has 0 saturated heterocycles. The van der Waals surface area contributed by atoms with Gasteiger partial charge in [-0.1, -0.05) is 6.92 Å². The monoisotopic (exact) mass is 372 g/mol. The lowest BCUT2D eigenvalue weighted by Crippen LogP contribution is -2.33. The molecule has 0 spiro atoms. The van der Waals surface area contributed by atoms with Crippen LogP contribution < -0.4 is 0 Å². The van der Waals surface area contributed by atoms with Crippen LogP contribution in [0.1, 0.15) is 59.3 Å². The zero-order valence-corrected chi connectivity index (χ0v) is 15.8. The van der Waals surface area contributed by atoms with Crippen LogP contribution in [0.4, 0.5) is 0 Å². The van der Waals surface area contributed by atoms with Crippen molar-refractivity contribution >= 4 is 0 Å². The summed E-state index contributed by atoms with van der Waals surface area (Å²) in [5.41, 5.74) is 0. The standard InChI is InChI=1S/C8H18O4.C5H12O2.C4H10O2/c1-3-6(8(11)12)7(10)4-5(2)9;1-5(7)3-2-4-6;5-3-1-2-4-6/h5-12H,3-4H2,1-2H3;5-7H,2-4H2,1H3;5-6H,1-4H2. The van der Waals surface area contributed by atoms with Crippen LogP contribution in [0.3, 0.4) is 0 Å². The molecule has 4 atom stereocenters. The van der Waals surface area contributed by atoms with Crippen LogP contribution in [0.15, 0.2) is 0 Å². The van der Waals surface area contributed by atoms with Crippen LogP contribution in [-0.4, -0.2) is 85.3 Å². The highest BCUT2D eigenvalue weighted by atomic mass is 16.5. The van der Waals surface area contributed by atoms with Crippen molar-refractivity contribution in [1.82, 2.24) is 0 Å². The van der Waals surface area contributed by atoms with Crippen molar-refractivity contribution in [2.45, 2.75) is 83.9 Å². The molecule has 8 heteroatoms. The van der Waals surface area contributed by atoms with Crippen molar-refractivity contribution in [2.24, 2.45) is 5.92 Å². The lowest BCUT2D eigenvalue weighted by molar-refractivity contribution is -0.124. The maximum atomic E-state index is 9.37. The third-order valence-corrected chi connectivity index (χ3v) is 3.28. The minimum atomic E-state index is -1.51. The molecule has 0 bridgehead atoms. The van der Waals surface area contributed by atoms with Gasteiger partial charge in [-0.15, -0.1) is 0 Å². The van der Waals surface area contributed by atoms with Crippen molar-refractivity contribution in [2.75, 3.05) is 19.8 Å². The van der Waals surface area contributed by atoms with E-state index in [4.69, 9.17) is 35.7 Å². The first-order valence-corrected chi connectivity index (χ1v) is 8.90. The largest absolute Gasteiger partial charge is 0.396 e. The van der Waals surface area contributed by atoms with Crippen LogP contribution in [0.5, 0.6) is 0 Å². The SMILES string of the molecule is CC(O)CCCO.CCC(C(O)O)C(O)CC(C)O.OCCCCO. The molecule has 0 saturated carbocycles. The third-order valence-electron chi connectivity index (χ3n) is 3.28. The molecule has 0 aliphatic carbocycles.